The fraction of sp³-hybridized carbons (Fsp3) is 0.333. The molecule has 17 heavy (non-hydrogen) atoms. The Hall–Kier alpha value is -1.54. The van der Waals surface area contributed by atoms with Gasteiger partial charge in [-0.15, -0.1) is 0 Å². The molecular weight excluding hydrogens is 210 g/mol. The van der Waals surface area contributed by atoms with Crippen molar-refractivity contribution < 1.29 is 4.42 Å². The molecule has 0 aliphatic heterocycles. The van der Waals surface area contributed by atoms with Crippen LogP contribution >= 0.6 is 0 Å². The van der Waals surface area contributed by atoms with Crippen molar-refractivity contribution in [1.82, 2.24) is 5.32 Å². The van der Waals surface area contributed by atoms with Gasteiger partial charge in [0.25, 0.3) is 0 Å². The van der Waals surface area contributed by atoms with Crippen molar-refractivity contribution >= 4 is 0 Å². The normalized spacial score (nSPS) is 24.5. The summed E-state index contributed by atoms with van der Waals surface area (Å²) in [5.41, 5.74) is 1.27. The minimum absolute atomic E-state index is 0.182. The van der Waals surface area contributed by atoms with Crippen LogP contribution in [0.25, 0.3) is 0 Å². The van der Waals surface area contributed by atoms with Gasteiger partial charge >= 0.3 is 0 Å². The standard InChI is InChI=1S/C15H17NO/c1-11-10-13(11)16-15(14-8-5-9-17-14)12-6-3-2-4-7-12/h2-9,11,13,15-16H,10H2,1H3. The molecule has 1 heterocycles. The lowest BCUT2D eigenvalue weighted by Crippen LogP contribution is -2.25. The van der Waals surface area contributed by atoms with E-state index in [-0.39, 0.29) is 6.04 Å². The highest BCUT2D eigenvalue weighted by atomic mass is 16.3. The molecule has 3 atom stereocenters. The van der Waals surface area contributed by atoms with Crippen molar-refractivity contribution in [2.75, 3.05) is 0 Å². The first-order chi connectivity index (χ1) is 8.34. The first-order valence-electron chi connectivity index (χ1n) is 6.19. The topological polar surface area (TPSA) is 25.2 Å². The molecule has 1 aromatic carbocycles. The number of rotatable bonds is 4. The molecule has 1 aliphatic rings. The molecule has 1 aromatic heterocycles. The van der Waals surface area contributed by atoms with Crippen LogP contribution in [0.5, 0.6) is 0 Å². The SMILES string of the molecule is CC1CC1NC(c1ccccc1)c1ccco1. The van der Waals surface area contributed by atoms with Gasteiger partial charge in [-0.3, -0.25) is 0 Å². The smallest absolute Gasteiger partial charge is 0.125 e. The van der Waals surface area contributed by atoms with Crippen molar-refractivity contribution in [2.45, 2.75) is 25.4 Å². The summed E-state index contributed by atoms with van der Waals surface area (Å²) < 4.78 is 5.55. The molecule has 1 N–H and O–H groups in total. The summed E-state index contributed by atoms with van der Waals surface area (Å²) in [4.78, 5) is 0. The minimum atomic E-state index is 0.182. The van der Waals surface area contributed by atoms with Gasteiger partial charge in [0.05, 0.1) is 12.3 Å². The molecule has 2 nitrogen and oxygen atoms in total. The average molecular weight is 227 g/mol. The van der Waals surface area contributed by atoms with E-state index in [2.05, 4.69) is 36.5 Å². The third-order valence-electron chi connectivity index (χ3n) is 3.45. The Bertz CT molecular complexity index is 463. The summed E-state index contributed by atoms with van der Waals surface area (Å²) in [5.74, 6) is 1.78. The molecule has 88 valence electrons. The molecule has 3 rings (SSSR count). The van der Waals surface area contributed by atoms with E-state index in [4.69, 9.17) is 4.42 Å². The molecule has 0 saturated heterocycles. The number of furan rings is 1. The van der Waals surface area contributed by atoms with Crippen molar-refractivity contribution in [1.29, 1.82) is 0 Å². The second kappa shape index (κ2) is 4.38. The van der Waals surface area contributed by atoms with Crippen LogP contribution in [-0.2, 0) is 0 Å². The molecule has 2 aromatic rings. The van der Waals surface area contributed by atoms with Crippen LogP contribution in [0, 0.1) is 5.92 Å². The van der Waals surface area contributed by atoms with Crippen molar-refractivity contribution in [2.24, 2.45) is 5.92 Å². The summed E-state index contributed by atoms with van der Waals surface area (Å²) in [6.07, 6.45) is 3.01. The van der Waals surface area contributed by atoms with Gasteiger partial charge in [0.15, 0.2) is 0 Å². The molecule has 3 unspecified atom stereocenters. The maximum absolute atomic E-state index is 5.55. The van der Waals surface area contributed by atoms with Crippen LogP contribution in [0.1, 0.15) is 30.7 Å². The van der Waals surface area contributed by atoms with Crippen LogP contribution < -0.4 is 5.32 Å². The Labute approximate surface area is 102 Å². The first-order valence-corrected chi connectivity index (χ1v) is 6.19. The molecule has 2 heteroatoms. The van der Waals surface area contributed by atoms with E-state index in [1.165, 1.54) is 12.0 Å². The van der Waals surface area contributed by atoms with E-state index in [1.807, 2.05) is 18.2 Å². The van der Waals surface area contributed by atoms with E-state index in [0.717, 1.165) is 11.7 Å². The molecule has 1 saturated carbocycles. The van der Waals surface area contributed by atoms with Gasteiger partial charge in [-0.25, -0.2) is 0 Å². The third kappa shape index (κ3) is 2.27. The van der Waals surface area contributed by atoms with Crippen molar-refractivity contribution in [3.63, 3.8) is 0 Å². The van der Waals surface area contributed by atoms with Crippen LogP contribution in [0.2, 0.25) is 0 Å². The number of hydrogen-bond donors (Lipinski definition) is 1. The molecule has 1 aliphatic carbocycles. The Morgan fingerprint density at radius 1 is 1.18 bits per heavy atom. The van der Waals surface area contributed by atoms with Crippen LogP contribution in [0.4, 0.5) is 0 Å². The lowest BCUT2D eigenvalue weighted by Gasteiger charge is -2.17. The predicted molar refractivity (Wildman–Crippen MR) is 67.7 cm³/mol. The monoisotopic (exact) mass is 227 g/mol. The fourth-order valence-electron chi connectivity index (χ4n) is 2.21. The van der Waals surface area contributed by atoms with E-state index in [9.17, 15) is 0 Å². The highest BCUT2D eigenvalue weighted by Gasteiger charge is 2.35. The van der Waals surface area contributed by atoms with Gasteiger partial charge in [0.1, 0.15) is 5.76 Å². The quantitative estimate of drug-likeness (QED) is 0.866. The van der Waals surface area contributed by atoms with Gasteiger partial charge in [-0.2, -0.15) is 0 Å². The Morgan fingerprint density at radius 3 is 2.53 bits per heavy atom. The maximum atomic E-state index is 5.55. The molecule has 0 spiro atoms. The van der Waals surface area contributed by atoms with E-state index in [0.29, 0.717) is 6.04 Å². The van der Waals surface area contributed by atoms with Gasteiger partial charge in [-0.1, -0.05) is 37.3 Å². The first kappa shape index (κ1) is 10.6. The zero-order valence-electron chi connectivity index (χ0n) is 9.97. The summed E-state index contributed by atoms with van der Waals surface area (Å²) in [7, 11) is 0. The van der Waals surface area contributed by atoms with E-state index >= 15 is 0 Å². The third-order valence-corrected chi connectivity index (χ3v) is 3.45. The molecule has 0 amide bonds. The minimum Gasteiger partial charge on any atom is -0.467 e. The van der Waals surface area contributed by atoms with Crippen molar-refractivity contribution in [3.05, 3.63) is 60.1 Å². The van der Waals surface area contributed by atoms with Gasteiger partial charge in [0.2, 0.25) is 0 Å². The lowest BCUT2D eigenvalue weighted by atomic mass is 10.0. The number of benzene rings is 1. The van der Waals surface area contributed by atoms with Crippen LogP contribution in [-0.4, -0.2) is 6.04 Å². The summed E-state index contributed by atoms with van der Waals surface area (Å²) >= 11 is 0. The maximum Gasteiger partial charge on any atom is 0.125 e. The zero-order valence-corrected chi connectivity index (χ0v) is 9.97. The van der Waals surface area contributed by atoms with Gasteiger partial charge in [-0.05, 0) is 30.0 Å². The summed E-state index contributed by atoms with van der Waals surface area (Å²) in [6.45, 7) is 2.28. The molecular formula is C15H17NO. The van der Waals surface area contributed by atoms with Gasteiger partial charge < -0.3 is 9.73 Å². The summed E-state index contributed by atoms with van der Waals surface area (Å²) in [6, 6.07) is 15.3. The van der Waals surface area contributed by atoms with Crippen LogP contribution in [0.15, 0.2) is 53.1 Å². The number of hydrogen-bond acceptors (Lipinski definition) is 2. The molecule has 0 bridgehead atoms. The second-order valence-corrected chi connectivity index (χ2v) is 4.85. The summed E-state index contributed by atoms with van der Waals surface area (Å²) in [5, 5.41) is 3.67. The number of nitrogens with one attached hydrogen (secondary N) is 1. The Kier molecular flexibility index (Phi) is 2.73. The van der Waals surface area contributed by atoms with E-state index < -0.39 is 0 Å². The molecule has 1 fully saturated rings. The highest BCUT2D eigenvalue weighted by Crippen LogP contribution is 2.33. The average Bonchev–Trinajstić information content (AvgIpc) is 2.83. The van der Waals surface area contributed by atoms with Crippen LogP contribution in [0.3, 0.4) is 0 Å². The largest absolute Gasteiger partial charge is 0.467 e. The van der Waals surface area contributed by atoms with Gasteiger partial charge in [0, 0.05) is 6.04 Å². The molecule has 0 radical (unpaired) electrons. The van der Waals surface area contributed by atoms with E-state index in [1.54, 1.807) is 6.26 Å². The predicted octanol–water partition coefficient (Wildman–Crippen LogP) is 3.37. The fourth-order valence-corrected chi connectivity index (χ4v) is 2.21. The second-order valence-electron chi connectivity index (χ2n) is 4.85. The zero-order chi connectivity index (χ0) is 11.7. The highest BCUT2D eigenvalue weighted by molar-refractivity contribution is 5.27. The Morgan fingerprint density at radius 2 is 1.94 bits per heavy atom. The Balaban J connectivity index is 1.86. The lowest BCUT2D eigenvalue weighted by molar-refractivity contribution is 0.440. The van der Waals surface area contributed by atoms with Crippen molar-refractivity contribution in [3.8, 4) is 0 Å².